The van der Waals surface area contributed by atoms with Crippen LogP contribution in [0, 0.1) is 0 Å². The van der Waals surface area contributed by atoms with Crippen molar-refractivity contribution in [2.24, 2.45) is 5.73 Å². The molecule has 15 heavy (non-hydrogen) atoms. The molecule has 1 unspecified atom stereocenters. The maximum Gasteiger partial charge on any atom is 0.133 e. The largest absolute Gasteiger partial charge is 0.496 e. The standard InChI is InChI=1S/C11H16BrNO2/c1-11(2,13)10(14)7-4-5-9(15-3)8(12)6-7/h4-6,10,14H,13H2,1-3H3. The Morgan fingerprint density at radius 1 is 1.47 bits per heavy atom. The Bertz CT molecular complexity index is 347. The van der Waals surface area contributed by atoms with Crippen LogP contribution in [0.5, 0.6) is 5.75 Å². The number of aliphatic hydroxyl groups excluding tert-OH is 1. The third kappa shape index (κ3) is 2.93. The summed E-state index contributed by atoms with van der Waals surface area (Å²) in [5.74, 6) is 0.737. The highest BCUT2D eigenvalue weighted by Crippen LogP contribution is 2.31. The molecule has 1 rings (SSSR count). The normalized spacial score (nSPS) is 13.7. The molecule has 0 aliphatic rings. The van der Waals surface area contributed by atoms with Gasteiger partial charge in [0, 0.05) is 5.54 Å². The van der Waals surface area contributed by atoms with Crippen LogP contribution in [0.15, 0.2) is 22.7 Å². The molecule has 0 bridgehead atoms. The van der Waals surface area contributed by atoms with Crippen molar-refractivity contribution >= 4 is 15.9 Å². The predicted octanol–water partition coefficient (Wildman–Crippen LogP) is 2.23. The lowest BCUT2D eigenvalue weighted by atomic mass is 9.92. The van der Waals surface area contributed by atoms with Crippen LogP contribution < -0.4 is 10.5 Å². The van der Waals surface area contributed by atoms with E-state index in [4.69, 9.17) is 10.5 Å². The molecule has 0 amide bonds. The van der Waals surface area contributed by atoms with E-state index in [-0.39, 0.29) is 0 Å². The van der Waals surface area contributed by atoms with Crippen molar-refractivity contribution < 1.29 is 9.84 Å². The average Bonchev–Trinajstić information content (AvgIpc) is 2.15. The number of hydrogen-bond donors (Lipinski definition) is 2. The first-order valence-corrected chi connectivity index (χ1v) is 5.46. The van der Waals surface area contributed by atoms with Crippen molar-refractivity contribution in [1.82, 2.24) is 0 Å². The van der Waals surface area contributed by atoms with Crippen molar-refractivity contribution in [2.75, 3.05) is 7.11 Å². The van der Waals surface area contributed by atoms with Gasteiger partial charge in [-0.25, -0.2) is 0 Å². The molecule has 4 heteroatoms. The topological polar surface area (TPSA) is 55.5 Å². The van der Waals surface area contributed by atoms with E-state index in [0.717, 1.165) is 15.8 Å². The van der Waals surface area contributed by atoms with Gasteiger partial charge in [-0.3, -0.25) is 0 Å². The van der Waals surface area contributed by atoms with Gasteiger partial charge in [0.1, 0.15) is 5.75 Å². The van der Waals surface area contributed by atoms with Crippen LogP contribution in [0.3, 0.4) is 0 Å². The number of rotatable bonds is 3. The number of hydrogen-bond acceptors (Lipinski definition) is 3. The zero-order valence-electron chi connectivity index (χ0n) is 9.12. The summed E-state index contributed by atoms with van der Waals surface area (Å²) in [5.41, 5.74) is 5.95. The minimum atomic E-state index is -0.695. The van der Waals surface area contributed by atoms with Crippen molar-refractivity contribution in [3.05, 3.63) is 28.2 Å². The first-order chi connectivity index (χ1) is 6.86. The number of ether oxygens (including phenoxy) is 1. The number of nitrogens with two attached hydrogens (primary N) is 1. The van der Waals surface area contributed by atoms with Crippen LogP contribution in [0.1, 0.15) is 25.5 Å². The van der Waals surface area contributed by atoms with E-state index < -0.39 is 11.6 Å². The molecular weight excluding hydrogens is 258 g/mol. The van der Waals surface area contributed by atoms with Gasteiger partial charge in [0.15, 0.2) is 0 Å². The van der Waals surface area contributed by atoms with E-state index in [1.807, 2.05) is 12.1 Å². The molecule has 3 N–H and O–H groups in total. The summed E-state index contributed by atoms with van der Waals surface area (Å²) < 4.78 is 5.92. The lowest BCUT2D eigenvalue weighted by Crippen LogP contribution is -2.39. The van der Waals surface area contributed by atoms with Gasteiger partial charge in [-0.2, -0.15) is 0 Å². The van der Waals surface area contributed by atoms with Crippen LogP contribution in [0.2, 0.25) is 0 Å². The Morgan fingerprint density at radius 3 is 2.47 bits per heavy atom. The van der Waals surface area contributed by atoms with Crippen molar-refractivity contribution in [1.29, 1.82) is 0 Å². The molecule has 84 valence electrons. The number of methoxy groups -OCH3 is 1. The average molecular weight is 274 g/mol. The summed E-state index contributed by atoms with van der Waals surface area (Å²) in [6.07, 6.45) is -0.695. The van der Waals surface area contributed by atoms with Gasteiger partial charge in [0.25, 0.3) is 0 Å². The van der Waals surface area contributed by atoms with Crippen molar-refractivity contribution in [3.63, 3.8) is 0 Å². The first-order valence-electron chi connectivity index (χ1n) is 4.66. The Hall–Kier alpha value is -0.580. The molecule has 1 aromatic rings. The van der Waals surface area contributed by atoms with Crippen molar-refractivity contribution in [2.45, 2.75) is 25.5 Å². The van der Waals surface area contributed by atoms with Gasteiger partial charge in [-0.1, -0.05) is 6.07 Å². The maximum absolute atomic E-state index is 9.96. The lowest BCUT2D eigenvalue weighted by molar-refractivity contribution is 0.104. The Labute approximate surface area is 98.4 Å². The molecule has 0 fully saturated rings. The van der Waals surface area contributed by atoms with Crippen molar-refractivity contribution in [3.8, 4) is 5.75 Å². The Morgan fingerprint density at radius 2 is 2.07 bits per heavy atom. The monoisotopic (exact) mass is 273 g/mol. The van der Waals surface area contributed by atoms with Gasteiger partial charge >= 0.3 is 0 Å². The summed E-state index contributed by atoms with van der Waals surface area (Å²) in [6.45, 7) is 3.58. The summed E-state index contributed by atoms with van der Waals surface area (Å²) >= 11 is 3.37. The molecule has 1 aromatic carbocycles. The van der Waals surface area contributed by atoms with Crippen LogP contribution in [-0.2, 0) is 0 Å². The molecule has 1 atom stereocenters. The highest BCUT2D eigenvalue weighted by atomic mass is 79.9. The maximum atomic E-state index is 9.96. The molecule has 0 saturated heterocycles. The molecule has 0 aromatic heterocycles. The molecular formula is C11H16BrNO2. The second-order valence-corrected chi connectivity index (χ2v) is 4.97. The molecule has 0 spiro atoms. The fourth-order valence-electron chi connectivity index (χ4n) is 1.28. The summed E-state index contributed by atoms with van der Waals surface area (Å²) in [4.78, 5) is 0. The second kappa shape index (κ2) is 4.51. The number of halogens is 1. The molecule has 0 heterocycles. The molecule has 0 radical (unpaired) electrons. The first kappa shape index (κ1) is 12.5. The Kier molecular flexibility index (Phi) is 3.76. The highest BCUT2D eigenvalue weighted by Gasteiger charge is 2.24. The van der Waals surface area contributed by atoms with E-state index in [0.29, 0.717) is 0 Å². The molecule has 0 saturated carbocycles. The van der Waals surface area contributed by atoms with E-state index in [1.54, 1.807) is 27.0 Å². The second-order valence-electron chi connectivity index (χ2n) is 4.12. The molecule has 0 aliphatic carbocycles. The quantitative estimate of drug-likeness (QED) is 0.888. The van der Waals surface area contributed by atoms with Crippen LogP contribution in [0.4, 0.5) is 0 Å². The SMILES string of the molecule is COc1ccc(C(O)C(C)(C)N)cc1Br. The summed E-state index contributed by atoms with van der Waals surface area (Å²) in [7, 11) is 1.60. The van der Waals surface area contributed by atoms with Gasteiger partial charge in [0.2, 0.25) is 0 Å². The third-order valence-corrected chi connectivity index (χ3v) is 2.82. The van der Waals surface area contributed by atoms with Gasteiger partial charge in [0.05, 0.1) is 17.7 Å². The van der Waals surface area contributed by atoms with Gasteiger partial charge < -0.3 is 15.6 Å². The van der Waals surface area contributed by atoms with Crippen LogP contribution in [0.25, 0.3) is 0 Å². The van der Waals surface area contributed by atoms with E-state index in [9.17, 15) is 5.11 Å². The molecule has 0 aliphatic heterocycles. The fourth-order valence-corrected chi connectivity index (χ4v) is 1.84. The molecule has 3 nitrogen and oxygen atoms in total. The fraction of sp³-hybridized carbons (Fsp3) is 0.455. The van der Waals surface area contributed by atoms with E-state index in [1.165, 1.54) is 0 Å². The van der Waals surface area contributed by atoms with E-state index >= 15 is 0 Å². The van der Waals surface area contributed by atoms with E-state index in [2.05, 4.69) is 15.9 Å². The predicted molar refractivity (Wildman–Crippen MR) is 63.9 cm³/mol. The Balaban J connectivity index is 3.02. The van der Waals surface area contributed by atoms with Crippen LogP contribution in [-0.4, -0.2) is 17.8 Å². The summed E-state index contributed by atoms with van der Waals surface area (Å²) in [6, 6.07) is 5.43. The zero-order valence-corrected chi connectivity index (χ0v) is 10.7. The highest BCUT2D eigenvalue weighted by molar-refractivity contribution is 9.10. The third-order valence-electron chi connectivity index (χ3n) is 2.20. The summed E-state index contributed by atoms with van der Waals surface area (Å²) in [5, 5.41) is 9.96. The minimum absolute atomic E-state index is 0.659. The zero-order chi connectivity index (χ0) is 11.6. The van der Waals surface area contributed by atoms with Gasteiger partial charge in [-0.15, -0.1) is 0 Å². The van der Waals surface area contributed by atoms with Gasteiger partial charge in [-0.05, 0) is 47.5 Å². The lowest BCUT2D eigenvalue weighted by Gasteiger charge is -2.26. The number of benzene rings is 1. The van der Waals surface area contributed by atoms with Crippen LogP contribution >= 0.6 is 15.9 Å². The minimum Gasteiger partial charge on any atom is -0.496 e. The number of aliphatic hydroxyl groups is 1. The smallest absolute Gasteiger partial charge is 0.133 e.